The first-order chi connectivity index (χ1) is 7.36. The Morgan fingerprint density at radius 1 is 1.33 bits per heavy atom. The highest BCUT2D eigenvalue weighted by Crippen LogP contribution is 2.12. The van der Waals surface area contributed by atoms with E-state index in [2.05, 4.69) is 10.6 Å². The van der Waals surface area contributed by atoms with E-state index in [0.29, 0.717) is 6.54 Å². The number of hydrogen-bond donors (Lipinski definition) is 2. The van der Waals surface area contributed by atoms with Gasteiger partial charge in [-0.15, -0.1) is 0 Å². The zero-order chi connectivity index (χ0) is 10.5. The predicted octanol–water partition coefficient (Wildman–Crippen LogP) is 0.424. The second kappa shape index (κ2) is 5.47. The molecule has 2 fully saturated rings. The molecule has 4 nitrogen and oxygen atoms in total. The molecule has 86 valence electrons. The van der Waals surface area contributed by atoms with E-state index < -0.39 is 0 Å². The van der Waals surface area contributed by atoms with Gasteiger partial charge in [-0.3, -0.25) is 4.79 Å². The van der Waals surface area contributed by atoms with E-state index in [1.807, 2.05) is 0 Å². The second-order valence-corrected chi connectivity index (χ2v) is 4.38. The lowest BCUT2D eigenvalue weighted by molar-refractivity contribution is -0.123. The van der Waals surface area contributed by atoms with Crippen LogP contribution in [0.25, 0.3) is 0 Å². The fraction of sp³-hybridized carbons (Fsp3) is 0.909. The number of carbonyl (C=O) groups excluding carboxylic acids is 1. The quantitative estimate of drug-likeness (QED) is 0.713. The van der Waals surface area contributed by atoms with E-state index in [4.69, 9.17) is 4.74 Å². The molecule has 0 radical (unpaired) electrons. The van der Waals surface area contributed by atoms with Crippen molar-refractivity contribution in [2.75, 3.05) is 19.7 Å². The lowest BCUT2D eigenvalue weighted by Crippen LogP contribution is -2.44. The minimum absolute atomic E-state index is 0.0357. The fourth-order valence-corrected chi connectivity index (χ4v) is 2.21. The topological polar surface area (TPSA) is 50.4 Å². The van der Waals surface area contributed by atoms with E-state index in [-0.39, 0.29) is 18.1 Å². The minimum atomic E-state index is 0.0357. The Bertz CT molecular complexity index is 209. The van der Waals surface area contributed by atoms with E-state index >= 15 is 0 Å². The molecule has 2 aliphatic heterocycles. The van der Waals surface area contributed by atoms with Crippen LogP contribution in [0.15, 0.2) is 0 Å². The summed E-state index contributed by atoms with van der Waals surface area (Å²) in [6.07, 6.45) is 5.79. The Morgan fingerprint density at radius 2 is 2.27 bits per heavy atom. The van der Waals surface area contributed by atoms with Crippen molar-refractivity contribution >= 4 is 5.91 Å². The lowest BCUT2D eigenvalue weighted by atomic mass is 10.1. The largest absolute Gasteiger partial charge is 0.376 e. The van der Waals surface area contributed by atoms with E-state index in [0.717, 1.165) is 38.8 Å². The molecule has 1 amide bonds. The van der Waals surface area contributed by atoms with Gasteiger partial charge in [-0.05, 0) is 38.6 Å². The number of hydrogen-bond acceptors (Lipinski definition) is 3. The summed E-state index contributed by atoms with van der Waals surface area (Å²) >= 11 is 0. The minimum Gasteiger partial charge on any atom is -0.376 e. The Kier molecular flexibility index (Phi) is 3.97. The Balaban J connectivity index is 1.65. The van der Waals surface area contributed by atoms with Crippen LogP contribution in [-0.2, 0) is 9.53 Å². The van der Waals surface area contributed by atoms with Gasteiger partial charge in [-0.1, -0.05) is 0 Å². The van der Waals surface area contributed by atoms with Crippen LogP contribution in [0.2, 0.25) is 0 Å². The van der Waals surface area contributed by atoms with Crippen LogP contribution >= 0.6 is 0 Å². The Hall–Kier alpha value is -0.610. The van der Waals surface area contributed by atoms with Gasteiger partial charge in [-0.25, -0.2) is 0 Å². The summed E-state index contributed by atoms with van der Waals surface area (Å²) in [6, 6.07) is 0.0357. The number of carbonyl (C=O) groups is 1. The molecular formula is C11H20N2O2. The van der Waals surface area contributed by atoms with E-state index in [1.165, 1.54) is 6.42 Å². The van der Waals surface area contributed by atoms with Gasteiger partial charge in [0.2, 0.25) is 5.91 Å². The highest BCUT2D eigenvalue weighted by Gasteiger charge is 2.23. The third-order valence-corrected chi connectivity index (χ3v) is 3.15. The molecule has 0 aromatic carbocycles. The highest BCUT2D eigenvalue weighted by atomic mass is 16.5. The average molecular weight is 212 g/mol. The van der Waals surface area contributed by atoms with Crippen LogP contribution in [0.1, 0.15) is 32.1 Å². The summed E-state index contributed by atoms with van der Waals surface area (Å²) < 4.78 is 5.56. The van der Waals surface area contributed by atoms with Crippen LogP contribution in [-0.4, -0.2) is 37.7 Å². The molecule has 0 bridgehead atoms. The van der Waals surface area contributed by atoms with Gasteiger partial charge >= 0.3 is 0 Å². The molecule has 2 rings (SSSR count). The first-order valence-electron chi connectivity index (χ1n) is 5.99. The molecular weight excluding hydrogens is 192 g/mol. The van der Waals surface area contributed by atoms with Crippen molar-refractivity contribution in [3.8, 4) is 0 Å². The first kappa shape index (κ1) is 10.9. The average Bonchev–Trinajstić information content (AvgIpc) is 2.81. The van der Waals surface area contributed by atoms with Crippen molar-refractivity contribution in [1.82, 2.24) is 10.6 Å². The van der Waals surface area contributed by atoms with Crippen molar-refractivity contribution in [3.05, 3.63) is 0 Å². The zero-order valence-electron chi connectivity index (χ0n) is 9.13. The van der Waals surface area contributed by atoms with Gasteiger partial charge in [0.15, 0.2) is 0 Å². The van der Waals surface area contributed by atoms with Crippen LogP contribution in [0.3, 0.4) is 0 Å². The maximum absolute atomic E-state index is 11.7. The molecule has 0 aromatic heterocycles. The smallest absolute Gasteiger partial charge is 0.237 e. The summed E-state index contributed by atoms with van der Waals surface area (Å²) in [4.78, 5) is 11.7. The number of ether oxygens (including phenoxy) is 1. The first-order valence-corrected chi connectivity index (χ1v) is 5.99. The van der Waals surface area contributed by atoms with E-state index in [9.17, 15) is 4.79 Å². The molecule has 15 heavy (non-hydrogen) atoms. The van der Waals surface area contributed by atoms with Crippen LogP contribution in [0.5, 0.6) is 0 Å². The zero-order valence-corrected chi connectivity index (χ0v) is 9.13. The summed E-state index contributed by atoms with van der Waals surface area (Å²) in [6.45, 7) is 2.50. The predicted molar refractivity (Wildman–Crippen MR) is 57.6 cm³/mol. The lowest BCUT2D eigenvalue weighted by Gasteiger charge is -2.23. The molecule has 0 unspecified atom stereocenters. The molecule has 2 heterocycles. The van der Waals surface area contributed by atoms with Gasteiger partial charge in [0.1, 0.15) is 0 Å². The SMILES string of the molecule is O=C(NC[C@H]1CCCCO1)[C@H]1CCCN1. The molecule has 2 saturated heterocycles. The summed E-state index contributed by atoms with van der Waals surface area (Å²) in [5.74, 6) is 0.140. The number of amides is 1. The fourth-order valence-electron chi connectivity index (χ4n) is 2.21. The second-order valence-electron chi connectivity index (χ2n) is 4.38. The molecule has 0 spiro atoms. The number of rotatable bonds is 3. The Morgan fingerprint density at radius 3 is 2.93 bits per heavy atom. The van der Waals surface area contributed by atoms with Crippen LogP contribution in [0, 0.1) is 0 Å². The van der Waals surface area contributed by atoms with Gasteiger partial charge in [0.25, 0.3) is 0 Å². The summed E-state index contributed by atoms with van der Waals surface area (Å²) in [5, 5.41) is 6.16. The van der Waals surface area contributed by atoms with Gasteiger partial charge in [0.05, 0.1) is 12.1 Å². The molecule has 0 aliphatic carbocycles. The van der Waals surface area contributed by atoms with Crippen molar-refractivity contribution < 1.29 is 9.53 Å². The van der Waals surface area contributed by atoms with Crippen molar-refractivity contribution in [3.63, 3.8) is 0 Å². The maximum Gasteiger partial charge on any atom is 0.237 e. The molecule has 2 atom stereocenters. The maximum atomic E-state index is 11.7. The van der Waals surface area contributed by atoms with Crippen molar-refractivity contribution in [1.29, 1.82) is 0 Å². The molecule has 0 saturated carbocycles. The standard InChI is InChI=1S/C11H20N2O2/c14-11(10-5-3-6-12-10)13-8-9-4-1-2-7-15-9/h9-10,12H,1-8H2,(H,13,14)/t9-,10-/m1/s1. The summed E-state index contributed by atoms with van der Waals surface area (Å²) in [5.41, 5.74) is 0. The molecule has 2 aliphatic rings. The van der Waals surface area contributed by atoms with Crippen molar-refractivity contribution in [2.45, 2.75) is 44.2 Å². The monoisotopic (exact) mass is 212 g/mol. The van der Waals surface area contributed by atoms with Crippen LogP contribution < -0.4 is 10.6 Å². The summed E-state index contributed by atoms with van der Waals surface area (Å²) in [7, 11) is 0. The van der Waals surface area contributed by atoms with Gasteiger partial charge < -0.3 is 15.4 Å². The normalized spacial score (nSPS) is 31.5. The third-order valence-electron chi connectivity index (χ3n) is 3.15. The van der Waals surface area contributed by atoms with Crippen LogP contribution in [0.4, 0.5) is 0 Å². The van der Waals surface area contributed by atoms with Crippen molar-refractivity contribution in [2.24, 2.45) is 0 Å². The number of nitrogens with one attached hydrogen (secondary N) is 2. The third kappa shape index (κ3) is 3.18. The van der Waals surface area contributed by atoms with Gasteiger partial charge in [-0.2, -0.15) is 0 Å². The highest BCUT2D eigenvalue weighted by molar-refractivity contribution is 5.81. The molecule has 0 aromatic rings. The van der Waals surface area contributed by atoms with Gasteiger partial charge in [0, 0.05) is 13.2 Å². The Labute approximate surface area is 90.8 Å². The molecule has 4 heteroatoms. The van der Waals surface area contributed by atoms with E-state index in [1.54, 1.807) is 0 Å². The molecule has 2 N–H and O–H groups in total.